The standard InChI is InChI=1S/C41H42O8S/c1-44-40-39(46-29-32-20-10-4-11-21-32)38(45-28-31-18-8-3-9-19-31)37(48-40)36(49-50(2,42)43)30-47-41(33-22-12-5-13-23-33,34-24-14-6-15-25-34)35-26-16-7-17-27-35/h3-27,36-40H,28-30H2,1-2H3/t36-,37-,38+,39-,40-/m1/s1. The Bertz CT molecular complexity index is 1750. The maximum absolute atomic E-state index is 12.9. The van der Waals surface area contributed by atoms with E-state index < -0.39 is 46.4 Å². The van der Waals surface area contributed by atoms with Crippen LogP contribution in [0.25, 0.3) is 0 Å². The third-order valence-electron chi connectivity index (χ3n) is 8.68. The Morgan fingerprint density at radius 1 is 0.620 bits per heavy atom. The molecule has 5 aromatic rings. The largest absolute Gasteiger partial charge is 0.368 e. The summed E-state index contributed by atoms with van der Waals surface area (Å²) in [6, 6.07) is 49.0. The molecular formula is C41H42O8S. The Labute approximate surface area is 294 Å². The normalized spacial score (nSPS) is 20.0. The van der Waals surface area contributed by atoms with Gasteiger partial charge in [-0.3, -0.25) is 4.18 Å². The summed E-state index contributed by atoms with van der Waals surface area (Å²) in [4.78, 5) is 0. The van der Waals surface area contributed by atoms with Crippen molar-refractivity contribution in [3.05, 3.63) is 179 Å². The van der Waals surface area contributed by atoms with Crippen LogP contribution in [0.15, 0.2) is 152 Å². The lowest BCUT2D eigenvalue weighted by molar-refractivity contribution is -0.178. The Balaban J connectivity index is 1.39. The molecule has 1 heterocycles. The van der Waals surface area contributed by atoms with Crippen molar-refractivity contribution in [1.82, 2.24) is 0 Å². The summed E-state index contributed by atoms with van der Waals surface area (Å²) < 4.78 is 64.0. The van der Waals surface area contributed by atoms with E-state index >= 15 is 0 Å². The van der Waals surface area contributed by atoms with E-state index in [0.29, 0.717) is 0 Å². The number of methoxy groups -OCH3 is 1. The first-order chi connectivity index (χ1) is 24.4. The molecule has 1 aliphatic heterocycles. The van der Waals surface area contributed by atoms with Gasteiger partial charge < -0.3 is 23.7 Å². The summed E-state index contributed by atoms with van der Waals surface area (Å²) in [5.74, 6) is 0. The van der Waals surface area contributed by atoms with Crippen LogP contribution in [0.3, 0.4) is 0 Å². The van der Waals surface area contributed by atoms with E-state index in [4.69, 9.17) is 27.9 Å². The summed E-state index contributed by atoms with van der Waals surface area (Å²) in [5, 5.41) is 0. The molecule has 6 rings (SSSR count). The van der Waals surface area contributed by atoms with E-state index in [-0.39, 0.29) is 19.8 Å². The second-order valence-corrected chi connectivity index (χ2v) is 13.8. The average molecular weight is 695 g/mol. The predicted octanol–water partition coefficient (Wildman–Crippen LogP) is 6.88. The fourth-order valence-corrected chi connectivity index (χ4v) is 7.03. The molecule has 0 bridgehead atoms. The summed E-state index contributed by atoms with van der Waals surface area (Å²) >= 11 is 0. The van der Waals surface area contributed by atoms with Gasteiger partial charge in [-0.1, -0.05) is 152 Å². The molecule has 1 aliphatic rings. The molecule has 0 amide bonds. The van der Waals surface area contributed by atoms with Crippen molar-refractivity contribution in [3.8, 4) is 0 Å². The lowest BCUT2D eigenvalue weighted by Gasteiger charge is -2.38. The van der Waals surface area contributed by atoms with Gasteiger partial charge in [0.2, 0.25) is 0 Å². The van der Waals surface area contributed by atoms with E-state index in [2.05, 4.69) is 0 Å². The first kappa shape index (κ1) is 35.6. The maximum atomic E-state index is 12.9. The Hall–Kier alpha value is -4.19. The molecule has 8 nitrogen and oxygen atoms in total. The molecule has 1 fully saturated rings. The minimum atomic E-state index is -4.01. The smallest absolute Gasteiger partial charge is 0.264 e. The van der Waals surface area contributed by atoms with Crippen molar-refractivity contribution in [2.75, 3.05) is 20.0 Å². The van der Waals surface area contributed by atoms with Gasteiger partial charge in [-0.25, -0.2) is 0 Å². The van der Waals surface area contributed by atoms with Crippen LogP contribution in [0, 0.1) is 0 Å². The van der Waals surface area contributed by atoms with Gasteiger partial charge in [-0.2, -0.15) is 8.42 Å². The predicted molar refractivity (Wildman–Crippen MR) is 191 cm³/mol. The van der Waals surface area contributed by atoms with Crippen molar-refractivity contribution in [2.24, 2.45) is 0 Å². The molecule has 50 heavy (non-hydrogen) atoms. The van der Waals surface area contributed by atoms with Crippen LogP contribution >= 0.6 is 0 Å². The highest BCUT2D eigenvalue weighted by Gasteiger charge is 2.52. The number of benzene rings is 5. The van der Waals surface area contributed by atoms with Crippen molar-refractivity contribution >= 4 is 10.1 Å². The van der Waals surface area contributed by atoms with Crippen LogP contribution in [-0.2, 0) is 56.8 Å². The molecule has 0 aliphatic carbocycles. The first-order valence-corrected chi connectivity index (χ1v) is 18.4. The third kappa shape index (κ3) is 8.57. The summed E-state index contributed by atoms with van der Waals surface area (Å²) in [5.41, 5.74) is 3.34. The highest BCUT2D eigenvalue weighted by atomic mass is 32.2. The topological polar surface area (TPSA) is 89.5 Å². The molecule has 0 unspecified atom stereocenters. The van der Waals surface area contributed by atoms with Crippen molar-refractivity contribution in [3.63, 3.8) is 0 Å². The lowest BCUT2D eigenvalue weighted by Crippen LogP contribution is -2.47. The third-order valence-corrected chi connectivity index (χ3v) is 9.28. The maximum Gasteiger partial charge on any atom is 0.264 e. The van der Waals surface area contributed by atoms with Crippen LogP contribution in [0.4, 0.5) is 0 Å². The summed E-state index contributed by atoms with van der Waals surface area (Å²) in [7, 11) is -2.48. The Morgan fingerprint density at radius 3 is 1.42 bits per heavy atom. The molecule has 0 aromatic heterocycles. The zero-order valence-electron chi connectivity index (χ0n) is 28.1. The van der Waals surface area contributed by atoms with E-state index in [9.17, 15) is 8.42 Å². The fraction of sp³-hybridized carbons (Fsp3) is 0.268. The van der Waals surface area contributed by atoms with Gasteiger partial charge in [-0.15, -0.1) is 0 Å². The van der Waals surface area contributed by atoms with Gasteiger partial charge in [-0.05, 0) is 27.8 Å². The molecule has 0 radical (unpaired) electrons. The highest BCUT2D eigenvalue weighted by Crippen LogP contribution is 2.41. The quantitative estimate of drug-likeness (QED) is 0.0816. The molecular weight excluding hydrogens is 653 g/mol. The van der Waals surface area contributed by atoms with Crippen LogP contribution < -0.4 is 0 Å². The molecule has 0 spiro atoms. The van der Waals surface area contributed by atoms with E-state index in [1.807, 2.05) is 152 Å². The van der Waals surface area contributed by atoms with E-state index in [0.717, 1.165) is 34.1 Å². The second-order valence-electron chi connectivity index (χ2n) is 12.2. The van der Waals surface area contributed by atoms with Crippen LogP contribution in [0.5, 0.6) is 0 Å². The van der Waals surface area contributed by atoms with Gasteiger partial charge in [0.1, 0.15) is 30.0 Å². The molecule has 1 saturated heterocycles. The summed E-state index contributed by atoms with van der Waals surface area (Å²) in [6.45, 7) is 0.296. The summed E-state index contributed by atoms with van der Waals surface area (Å²) in [6.07, 6.45) is -3.48. The zero-order valence-corrected chi connectivity index (χ0v) is 28.9. The Kier molecular flexibility index (Phi) is 11.9. The second kappa shape index (κ2) is 16.7. The number of rotatable bonds is 16. The zero-order chi connectivity index (χ0) is 34.8. The molecule has 5 aromatic carbocycles. The van der Waals surface area contributed by atoms with Gasteiger partial charge in [0.05, 0.1) is 26.1 Å². The highest BCUT2D eigenvalue weighted by molar-refractivity contribution is 7.86. The molecule has 260 valence electrons. The van der Waals surface area contributed by atoms with Crippen LogP contribution in [0.2, 0.25) is 0 Å². The molecule has 0 N–H and O–H groups in total. The molecule has 0 saturated carbocycles. The Morgan fingerprint density at radius 2 is 1.02 bits per heavy atom. The van der Waals surface area contributed by atoms with Crippen molar-refractivity contribution in [1.29, 1.82) is 0 Å². The SMILES string of the molecule is CO[C@@H]1O[C@H]([C@@H](COC(c2ccccc2)(c2ccccc2)c2ccccc2)OS(C)(=O)=O)[C@H](OCc2ccccc2)[C@H]1OCc1ccccc1. The van der Waals surface area contributed by atoms with Crippen LogP contribution in [-0.4, -0.2) is 59.1 Å². The van der Waals surface area contributed by atoms with E-state index in [1.54, 1.807) is 0 Å². The van der Waals surface area contributed by atoms with E-state index in [1.165, 1.54) is 7.11 Å². The number of hydrogen-bond donors (Lipinski definition) is 0. The van der Waals surface area contributed by atoms with Crippen molar-refractivity contribution < 1.29 is 36.3 Å². The van der Waals surface area contributed by atoms with Crippen molar-refractivity contribution in [2.45, 2.75) is 49.5 Å². The fourth-order valence-electron chi connectivity index (χ4n) is 6.41. The molecule has 5 atom stereocenters. The monoisotopic (exact) mass is 694 g/mol. The average Bonchev–Trinajstić information content (AvgIpc) is 3.51. The minimum absolute atomic E-state index is 0.191. The number of hydrogen-bond acceptors (Lipinski definition) is 8. The molecule has 9 heteroatoms. The minimum Gasteiger partial charge on any atom is -0.368 e. The van der Waals surface area contributed by atoms with Gasteiger partial charge >= 0.3 is 0 Å². The first-order valence-electron chi connectivity index (χ1n) is 16.6. The number of ether oxygens (including phenoxy) is 5. The van der Waals surface area contributed by atoms with Gasteiger partial charge in [0, 0.05) is 7.11 Å². The lowest BCUT2D eigenvalue weighted by atomic mass is 9.80. The van der Waals surface area contributed by atoms with Gasteiger partial charge in [0.15, 0.2) is 6.29 Å². The van der Waals surface area contributed by atoms with Crippen LogP contribution in [0.1, 0.15) is 27.8 Å². The van der Waals surface area contributed by atoms with Gasteiger partial charge in [0.25, 0.3) is 10.1 Å².